The minimum atomic E-state index is -4.51. The van der Waals surface area contributed by atoms with Crippen LogP contribution in [0.25, 0.3) is 6.08 Å². The summed E-state index contributed by atoms with van der Waals surface area (Å²) in [5.74, 6) is 0.585. The number of amides is 1. The highest BCUT2D eigenvalue weighted by Crippen LogP contribution is 2.49. The lowest BCUT2D eigenvalue weighted by atomic mass is 10.1. The molecule has 8 heteroatoms. The van der Waals surface area contributed by atoms with Gasteiger partial charge in [-0.1, -0.05) is 30.0 Å². The second kappa shape index (κ2) is 8.63. The quantitative estimate of drug-likeness (QED) is 0.416. The molecule has 1 aliphatic heterocycles. The monoisotopic (exact) mass is 457 g/mol. The second-order valence-corrected chi connectivity index (χ2v) is 7.96. The summed E-state index contributed by atoms with van der Waals surface area (Å²) >= 11 is 1.33. The summed E-state index contributed by atoms with van der Waals surface area (Å²) in [6.07, 6.45) is -1.60. The van der Waals surface area contributed by atoms with Crippen LogP contribution in [0.5, 0.6) is 11.5 Å². The van der Waals surface area contributed by atoms with Crippen LogP contribution in [0.1, 0.15) is 11.1 Å². The van der Waals surface area contributed by atoms with Gasteiger partial charge in [0.15, 0.2) is 11.5 Å². The predicted molar refractivity (Wildman–Crippen MR) is 118 cm³/mol. The maximum atomic E-state index is 13.3. The maximum absolute atomic E-state index is 13.3. The van der Waals surface area contributed by atoms with Crippen LogP contribution in [0, 0.1) is 0 Å². The number of rotatable bonds is 4. The molecule has 0 aliphatic carbocycles. The van der Waals surface area contributed by atoms with Crippen molar-refractivity contribution in [1.82, 2.24) is 0 Å². The van der Waals surface area contributed by atoms with E-state index in [-0.39, 0.29) is 5.69 Å². The van der Waals surface area contributed by atoms with E-state index in [1.165, 1.54) is 43.0 Å². The Bertz CT molecular complexity index is 1210. The van der Waals surface area contributed by atoms with Crippen LogP contribution < -0.4 is 14.4 Å². The first kappa shape index (κ1) is 21.8. The topological polar surface area (TPSA) is 38.8 Å². The lowest BCUT2D eigenvalue weighted by Gasteiger charge is -2.31. The van der Waals surface area contributed by atoms with Crippen molar-refractivity contribution in [3.8, 4) is 11.5 Å². The molecule has 4 rings (SSSR count). The molecule has 0 unspecified atom stereocenters. The first-order chi connectivity index (χ1) is 15.3. The van der Waals surface area contributed by atoms with Gasteiger partial charge in [0.25, 0.3) is 5.91 Å². The largest absolute Gasteiger partial charge is 0.493 e. The third-order valence-corrected chi connectivity index (χ3v) is 6.03. The number of para-hydroxylation sites is 1. The van der Waals surface area contributed by atoms with E-state index in [0.717, 1.165) is 17.0 Å². The Morgan fingerprint density at radius 2 is 1.62 bits per heavy atom. The molecule has 1 amide bonds. The van der Waals surface area contributed by atoms with Crippen LogP contribution in [-0.4, -0.2) is 20.1 Å². The lowest BCUT2D eigenvalue weighted by molar-refractivity contribution is -0.137. The number of carbonyl (C=O) groups excluding carboxylic acids is 1. The number of alkyl halides is 3. The molecule has 0 radical (unpaired) electrons. The Kier molecular flexibility index (Phi) is 5.88. The van der Waals surface area contributed by atoms with Gasteiger partial charge in [-0.25, -0.2) is 0 Å². The van der Waals surface area contributed by atoms with Crippen molar-refractivity contribution in [3.05, 3.63) is 77.9 Å². The number of ether oxygens (including phenoxy) is 2. The van der Waals surface area contributed by atoms with E-state index >= 15 is 0 Å². The number of nitrogens with zero attached hydrogens (tertiary/aromatic N) is 1. The van der Waals surface area contributed by atoms with Gasteiger partial charge in [-0.05, 0) is 54.1 Å². The van der Waals surface area contributed by atoms with Crippen molar-refractivity contribution in [1.29, 1.82) is 0 Å². The van der Waals surface area contributed by atoms with Crippen LogP contribution >= 0.6 is 11.8 Å². The Labute approximate surface area is 187 Å². The molecule has 164 valence electrons. The zero-order valence-electron chi connectivity index (χ0n) is 17.1. The zero-order valence-corrected chi connectivity index (χ0v) is 18.0. The second-order valence-electron chi connectivity index (χ2n) is 6.87. The number of methoxy groups -OCH3 is 2. The van der Waals surface area contributed by atoms with Gasteiger partial charge in [0, 0.05) is 15.9 Å². The van der Waals surface area contributed by atoms with E-state index in [4.69, 9.17) is 9.47 Å². The Morgan fingerprint density at radius 1 is 0.906 bits per heavy atom. The van der Waals surface area contributed by atoms with E-state index in [2.05, 4.69) is 0 Å². The van der Waals surface area contributed by atoms with Gasteiger partial charge in [0.05, 0.1) is 31.2 Å². The average Bonchev–Trinajstić information content (AvgIpc) is 2.79. The van der Waals surface area contributed by atoms with Gasteiger partial charge in [0.1, 0.15) is 0 Å². The predicted octanol–water partition coefficient (Wildman–Crippen LogP) is 6.57. The highest BCUT2D eigenvalue weighted by atomic mass is 32.2. The molecule has 0 spiro atoms. The van der Waals surface area contributed by atoms with E-state index in [1.807, 2.05) is 12.1 Å². The molecule has 0 saturated heterocycles. The Hall–Kier alpha value is -3.39. The molecule has 3 aromatic carbocycles. The number of benzene rings is 3. The molecule has 1 aliphatic rings. The number of halogens is 3. The van der Waals surface area contributed by atoms with Crippen LogP contribution in [0.15, 0.2) is 76.5 Å². The normalized spacial score (nSPS) is 13.0. The SMILES string of the molecule is COc1ccc(/C=C\C(=O)N2c3ccccc3Sc3ccc(C(F)(F)F)cc32)cc1OC. The van der Waals surface area contributed by atoms with Gasteiger partial charge < -0.3 is 9.47 Å². The van der Waals surface area contributed by atoms with E-state index in [9.17, 15) is 18.0 Å². The van der Waals surface area contributed by atoms with Crippen molar-refractivity contribution in [2.24, 2.45) is 0 Å². The Morgan fingerprint density at radius 3 is 2.34 bits per heavy atom. The fourth-order valence-electron chi connectivity index (χ4n) is 3.37. The minimum Gasteiger partial charge on any atom is -0.493 e. The molecule has 0 saturated carbocycles. The van der Waals surface area contributed by atoms with Gasteiger partial charge in [-0.2, -0.15) is 13.2 Å². The van der Waals surface area contributed by atoms with Crippen molar-refractivity contribution >= 4 is 35.1 Å². The van der Waals surface area contributed by atoms with Crippen molar-refractivity contribution < 1.29 is 27.4 Å². The van der Waals surface area contributed by atoms with E-state index in [0.29, 0.717) is 27.6 Å². The molecule has 0 N–H and O–H groups in total. The number of fused-ring (bicyclic) bond motifs is 2. The highest BCUT2D eigenvalue weighted by molar-refractivity contribution is 7.99. The molecule has 0 bridgehead atoms. The molecule has 0 aromatic heterocycles. The molecule has 0 fully saturated rings. The summed E-state index contributed by atoms with van der Waals surface area (Å²) in [7, 11) is 3.03. The van der Waals surface area contributed by atoms with E-state index in [1.54, 1.807) is 36.4 Å². The highest BCUT2D eigenvalue weighted by Gasteiger charge is 2.34. The lowest BCUT2D eigenvalue weighted by Crippen LogP contribution is -2.27. The summed E-state index contributed by atoms with van der Waals surface area (Å²) in [5.41, 5.74) is 0.606. The molecular weight excluding hydrogens is 439 g/mol. The summed E-state index contributed by atoms with van der Waals surface area (Å²) < 4.78 is 50.5. The molecular formula is C24H18F3NO3S. The molecule has 3 aromatic rings. The fraction of sp³-hybridized carbons (Fsp3) is 0.125. The summed E-state index contributed by atoms with van der Waals surface area (Å²) in [6.45, 7) is 0. The molecule has 1 heterocycles. The molecule has 32 heavy (non-hydrogen) atoms. The third kappa shape index (κ3) is 4.18. The van der Waals surface area contributed by atoms with Crippen LogP contribution in [-0.2, 0) is 11.0 Å². The van der Waals surface area contributed by atoms with Gasteiger partial charge >= 0.3 is 6.18 Å². The summed E-state index contributed by atoms with van der Waals surface area (Å²) in [6, 6.07) is 15.7. The summed E-state index contributed by atoms with van der Waals surface area (Å²) in [5, 5.41) is 0. The number of anilines is 2. The Balaban J connectivity index is 1.74. The van der Waals surface area contributed by atoms with Crippen LogP contribution in [0.4, 0.5) is 24.5 Å². The first-order valence-corrected chi connectivity index (χ1v) is 10.4. The van der Waals surface area contributed by atoms with Gasteiger partial charge in [-0.15, -0.1) is 0 Å². The molecule has 4 nitrogen and oxygen atoms in total. The minimum absolute atomic E-state index is 0.200. The zero-order chi connectivity index (χ0) is 22.9. The van der Waals surface area contributed by atoms with Crippen LogP contribution in [0.3, 0.4) is 0 Å². The van der Waals surface area contributed by atoms with E-state index < -0.39 is 17.6 Å². The smallest absolute Gasteiger partial charge is 0.416 e. The average molecular weight is 457 g/mol. The standard InChI is InChI=1S/C24H18F3NO3S/c1-30-19-10-7-15(13-20(19)31-2)8-12-23(29)28-17-5-3-4-6-21(17)32-22-11-9-16(14-18(22)28)24(25,26)27/h3-14H,1-2H3/b12-8-. The fourth-order valence-corrected chi connectivity index (χ4v) is 4.41. The van der Waals surface area contributed by atoms with Gasteiger partial charge in [0.2, 0.25) is 0 Å². The van der Waals surface area contributed by atoms with Crippen LogP contribution in [0.2, 0.25) is 0 Å². The van der Waals surface area contributed by atoms with Crippen molar-refractivity contribution in [2.45, 2.75) is 16.0 Å². The third-order valence-electron chi connectivity index (χ3n) is 4.90. The number of hydrogen-bond acceptors (Lipinski definition) is 4. The van der Waals surface area contributed by atoms with Crippen molar-refractivity contribution in [3.63, 3.8) is 0 Å². The molecule has 0 atom stereocenters. The number of hydrogen-bond donors (Lipinski definition) is 0. The maximum Gasteiger partial charge on any atom is 0.416 e. The van der Waals surface area contributed by atoms with Crippen molar-refractivity contribution in [2.75, 3.05) is 19.1 Å². The summed E-state index contributed by atoms with van der Waals surface area (Å²) in [4.78, 5) is 15.9. The number of carbonyl (C=O) groups is 1. The van der Waals surface area contributed by atoms with Gasteiger partial charge in [-0.3, -0.25) is 9.69 Å². The first-order valence-electron chi connectivity index (χ1n) is 9.54.